The van der Waals surface area contributed by atoms with Gasteiger partial charge in [-0.3, -0.25) is 0 Å². The molecule has 0 amide bonds. The van der Waals surface area contributed by atoms with Crippen LogP contribution in [-0.2, 0) is 0 Å². The Morgan fingerprint density at radius 1 is 0.357 bits per heavy atom. The molecule has 0 aromatic carbocycles. The first-order valence-corrected chi connectivity index (χ1v) is 6.91. The fraction of sp³-hybridized carbons (Fsp3) is 1.00. The maximum atomic E-state index is 2.29. The van der Waals surface area contributed by atoms with Crippen LogP contribution in [0.1, 0.15) is 90.9 Å². The molecule has 0 unspecified atom stereocenters. The van der Waals surface area contributed by atoms with Crippen LogP contribution < -0.4 is 0 Å². The number of hydrogen-bond donors (Lipinski definition) is 0. The Hall–Kier alpha value is 0. The van der Waals surface area contributed by atoms with Crippen LogP contribution in [0.2, 0.25) is 0 Å². The van der Waals surface area contributed by atoms with E-state index >= 15 is 0 Å². The Kier molecular flexibility index (Phi) is 13.0. The molecule has 0 heteroatoms. The zero-order chi connectivity index (χ0) is 10.5. The monoisotopic (exact) mass is 199 g/mol. The minimum Gasteiger partial charge on any atom is -0.0654 e. The molecular formula is C14H30. The Morgan fingerprint density at radius 3 is 0.786 bits per heavy atom. The van der Waals surface area contributed by atoms with E-state index in [9.17, 15) is 0 Å². The van der Waals surface area contributed by atoms with Crippen LogP contribution in [0.5, 0.6) is 0 Å². The second-order valence-electron chi connectivity index (χ2n) is 4.54. The van der Waals surface area contributed by atoms with Crippen LogP contribution in [-0.4, -0.2) is 0 Å². The fourth-order valence-corrected chi connectivity index (χ4v) is 1.91. The molecule has 0 aliphatic heterocycles. The van der Waals surface area contributed by atoms with Gasteiger partial charge in [-0.15, -0.1) is 0 Å². The third-order valence-electron chi connectivity index (χ3n) is 2.96. The summed E-state index contributed by atoms with van der Waals surface area (Å²) in [7, 11) is 0. The molecule has 0 bridgehead atoms. The largest absolute Gasteiger partial charge is 0.0654 e. The maximum absolute atomic E-state index is 2.29. The lowest BCUT2D eigenvalue weighted by Crippen LogP contribution is -1.81. The van der Waals surface area contributed by atoms with Gasteiger partial charge in [-0.1, -0.05) is 90.9 Å². The third-order valence-corrected chi connectivity index (χ3v) is 2.96. The van der Waals surface area contributed by atoms with Gasteiger partial charge in [0.2, 0.25) is 0 Å². The van der Waals surface area contributed by atoms with Gasteiger partial charge < -0.3 is 0 Å². The van der Waals surface area contributed by atoms with Gasteiger partial charge in [0.1, 0.15) is 0 Å². The topological polar surface area (TPSA) is 0 Å². The second kappa shape index (κ2) is 13.0. The summed E-state index contributed by atoms with van der Waals surface area (Å²) in [6, 6.07) is 0. The first-order valence-electron chi connectivity index (χ1n) is 6.91. The minimum absolute atomic E-state index is 1.37. The lowest BCUT2D eigenvalue weighted by molar-refractivity contribution is 0.548. The molecule has 14 heavy (non-hydrogen) atoms. The lowest BCUT2D eigenvalue weighted by Gasteiger charge is -2.01. The minimum atomic E-state index is 1.37. The van der Waals surface area contributed by atoms with E-state index in [4.69, 9.17) is 0 Å². The van der Waals surface area contributed by atoms with Crippen LogP contribution in [0, 0.1) is 0 Å². The summed E-state index contributed by atoms with van der Waals surface area (Å²) < 4.78 is 0. The van der Waals surface area contributed by atoms with Crippen molar-refractivity contribution in [3.63, 3.8) is 0 Å². The van der Waals surface area contributed by atoms with Crippen molar-refractivity contribution in [2.24, 2.45) is 0 Å². The molecule has 0 atom stereocenters. The molecule has 0 aromatic heterocycles. The summed E-state index contributed by atoms with van der Waals surface area (Å²) >= 11 is 0. The zero-order valence-electron chi connectivity index (χ0n) is 10.5. The first kappa shape index (κ1) is 14.0. The Balaban J connectivity index is 2.78. The lowest BCUT2D eigenvalue weighted by atomic mass is 10.1. The zero-order valence-corrected chi connectivity index (χ0v) is 10.5. The fourth-order valence-electron chi connectivity index (χ4n) is 1.91. The highest BCUT2D eigenvalue weighted by atomic mass is 14.2. The number of rotatable bonds is 11. The van der Waals surface area contributed by atoms with Crippen molar-refractivity contribution >= 4 is 0 Å². The summed E-state index contributed by atoms with van der Waals surface area (Å²) in [5.74, 6) is 0. The molecule has 0 saturated carbocycles. The molecule has 0 spiro atoms. The van der Waals surface area contributed by atoms with Crippen molar-refractivity contribution in [2.45, 2.75) is 90.9 Å². The summed E-state index contributed by atoms with van der Waals surface area (Å²) in [6.07, 6.45) is 17.4. The van der Waals surface area contributed by atoms with E-state index in [1.807, 2.05) is 0 Å². The van der Waals surface area contributed by atoms with Crippen molar-refractivity contribution in [1.82, 2.24) is 0 Å². The van der Waals surface area contributed by atoms with Crippen molar-refractivity contribution < 1.29 is 0 Å². The van der Waals surface area contributed by atoms with E-state index in [-0.39, 0.29) is 0 Å². The average Bonchev–Trinajstić information content (AvgIpc) is 2.21. The molecule has 0 aliphatic rings. The molecule has 0 aliphatic carbocycles. The number of unbranched alkanes of at least 4 members (excludes halogenated alkanes) is 11. The van der Waals surface area contributed by atoms with Crippen molar-refractivity contribution in [3.8, 4) is 0 Å². The van der Waals surface area contributed by atoms with Gasteiger partial charge in [0.25, 0.3) is 0 Å². The van der Waals surface area contributed by atoms with Gasteiger partial charge in [0.15, 0.2) is 0 Å². The van der Waals surface area contributed by atoms with E-state index in [0.29, 0.717) is 0 Å². The van der Waals surface area contributed by atoms with Crippen molar-refractivity contribution in [2.75, 3.05) is 0 Å². The van der Waals surface area contributed by atoms with E-state index in [2.05, 4.69) is 13.8 Å². The highest BCUT2D eigenvalue weighted by Crippen LogP contribution is 2.11. The standard InChI is InChI=1S/C14H30/c1-3-5-7-9-11-13-14-12-10-8-6-4-2/h3-14H2,1-2H3/i3+1. The molecule has 0 radical (unpaired) electrons. The molecular weight excluding hydrogens is 169 g/mol. The predicted octanol–water partition coefficient (Wildman–Crippen LogP) is 5.71. The number of hydrogen-bond acceptors (Lipinski definition) is 0. The quantitative estimate of drug-likeness (QED) is 0.295. The van der Waals surface area contributed by atoms with Crippen molar-refractivity contribution in [1.29, 1.82) is 0 Å². The van der Waals surface area contributed by atoms with Gasteiger partial charge in [-0.05, 0) is 0 Å². The van der Waals surface area contributed by atoms with Gasteiger partial charge >= 0.3 is 0 Å². The second-order valence-corrected chi connectivity index (χ2v) is 4.54. The summed E-state index contributed by atoms with van der Waals surface area (Å²) in [6.45, 7) is 4.57. The van der Waals surface area contributed by atoms with Gasteiger partial charge in [0.05, 0.1) is 0 Å². The molecule has 0 N–H and O–H groups in total. The molecule has 86 valence electrons. The van der Waals surface area contributed by atoms with Gasteiger partial charge in [-0.25, -0.2) is 0 Å². The smallest absolute Gasteiger partial charge is 0.0533 e. The van der Waals surface area contributed by atoms with E-state index in [0.717, 1.165) is 0 Å². The Labute approximate surface area is 91.5 Å². The summed E-state index contributed by atoms with van der Waals surface area (Å²) in [4.78, 5) is 0. The Morgan fingerprint density at radius 2 is 0.571 bits per heavy atom. The highest BCUT2D eigenvalue weighted by Gasteiger charge is 1.91. The van der Waals surface area contributed by atoms with E-state index < -0.39 is 0 Å². The first-order chi connectivity index (χ1) is 6.91. The molecule has 0 rings (SSSR count). The van der Waals surface area contributed by atoms with Crippen LogP contribution in [0.4, 0.5) is 0 Å². The van der Waals surface area contributed by atoms with Crippen LogP contribution in [0.15, 0.2) is 0 Å². The van der Waals surface area contributed by atoms with Gasteiger partial charge in [-0.2, -0.15) is 0 Å². The molecule has 0 aromatic rings. The third kappa shape index (κ3) is 12.0. The normalized spacial score (nSPS) is 10.7. The Bertz CT molecular complexity index is 74.0. The summed E-state index contributed by atoms with van der Waals surface area (Å²) in [5.41, 5.74) is 0. The molecule has 0 saturated heterocycles. The van der Waals surface area contributed by atoms with E-state index in [1.54, 1.807) is 0 Å². The predicted molar refractivity (Wildman–Crippen MR) is 66.8 cm³/mol. The molecule has 0 fully saturated rings. The highest BCUT2D eigenvalue weighted by molar-refractivity contribution is 4.47. The molecule has 0 heterocycles. The van der Waals surface area contributed by atoms with Crippen LogP contribution in [0.3, 0.4) is 0 Å². The van der Waals surface area contributed by atoms with Crippen LogP contribution in [0.25, 0.3) is 0 Å². The van der Waals surface area contributed by atoms with Gasteiger partial charge in [0, 0.05) is 0 Å². The van der Waals surface area contributed by atoms with Crippen molar-refractivity contribution in [3.05, 3.63) is 0 Å². The van der Waals surface area contributed by atoms with Crippen LogP contribution >= 0.6 is 0 Å². The average molecular weight is 199 g/mol. The maximum Gasteiger partial charge on any atom is -0.0533 e. The molecule has 0 nitrogen and oxygen atoms in total. The van der Waals surface area contributed by atoms with E-state index in [1.165, 1.54) is 77.0 Å². The SMILES string of the molecule is CCCCCCCCCCCC[13CH2]C. The summed E-state index contributed by atoms with van der Waals surface area (Å²) in [5, 5.41) is 0.